The second kappa shape index (κ2) is 6.93. The molecule has 3 aromatic rings. The zero-order valence-corrected chi connectivity index (χ0v) is 13.1. The van der Waals surface area contributed by atoms with Crippen molar-refractivity contribution >= 4 is 6.21 Å². The van der Waals surface area contributed by atoms with Crippen molar-refractivity contribution in [2.45, 2.75) is 12.5 Å². The Kier molecular flexibility index (Phi) is 4.53. The van der Waals surface area contributed by atoms with Crippen molar-refractivity contribution in [2.75, 3.05) is 0 Å². The molecule has 0 aliphatic rings. The summed E-state index contributed by atoms with van der Waals surface area (Å²) in [5.74, 6) is 0. The smallest absolute Gasteiger partial charge is 0.212 e. The number of rotatable bonds is 5. The highest BCUT2D eigenvalue weighted by molar-refractivity contribution is 5.53. The lowest BCUT2D eigenvalue weighted by Crippen LogP contribution is -2.31. The Balaban J connectivity index is 2.30. The highest BCUT2D eigenvalue weighted by Crippen LogP contribution is 2.40. The van der Waals surface area contributed by atoms with Crippen LogP contribution < -0.4 is 0 Å². The van der Waals surface area contributed by atoms with Crippen LogP contribution in [0.2, 0.25) is 0 Å². The van der Waals surface area contributed by atoms with Gasteiger partial charge in [-0.3, -0.25) is 0 Å². The molecule has 2 nitrogen and oxygen atoms in total. The number of hydrogen-bond acceptors (Lipinski definition) is 2. The predicted octanol–water partition coefficient (Wildman–Crippen LogP) is 5.00. The van der Waals surface area contributed by atoms with E-state index in [0.717, 1.165) is 16.7 Å². The summed E-state index contributed by atoms with van der Waals surface area (Å²) in [6, 6.07) is 30.6. The number of hydrogen-bond donors (Lipinski definition) is 0. The van der Waals surface area contributed by atoms with Crippen molar-refractivity contribution in [3.8, 4) is 0 Å². The molecular weight excluding hydrogens is 282 g/mol. The van der Waals surface area contributed by atoms with Gasteiger partial charge < -0.3 is 4.84 Å². The quantitative estimate of drug-likeness (QED) is 0.369. The van der Waals surface area contributed by atoms with Gasteiger partial charge in [0, 0.05) is 22.9 Å². The summed E-state index contributed by atoms with van der Waals surface area (Å²) in [5, 5.41) is 4.15. The summed E-state index contributed by atoms with van der Waals surface area (Å²) in [4.78, 5) is 6.11. The molecular formula is C21H19NO. The molecule has 0 radical (unpaired) electrons. The molecule has 0 amide bonds. The van der Waals surface area contributed by atoms with Crippen LogP contribution in [0.4, 0.5) is 0 Å². The van der Waals surface area contributed by atoms with E-state index in [-0.39, 0.29) is 0 Å². The average molecular weight is 301 g/mol. The van der Waals surface area contributed by atoms with Crippen LogP contribution in [-0.2, 0) is 10.4 Å². The van der Waals surface area contributed by atoms with E-state index in [1.165, 1.54) is 0 Å². The molecule has 114 valence electrons. The molecule has 0 unspecified atom stereocenters. The lowest BCUT2D eigenvalue weighted by atomic mass is 9.80. The van der Waals surface area contributed by atoms with E-state index in [0.29, 0.717) is 0 Å². The van der Waals surface area contributed by atoms with Crippen molar-refractivity contribution in [2.24, 2.45) is 5.16 Å². The maximum Gasteiger partial charge on any atom is 0.212 e. The first kappa shape index (κ1) is 15.0. The molecule has 3 aromatic carbocycles. The number of oxime groups is 1. The minimum atomic E-state index is -0.768. The molecule has 0 aliphatic heterocycles. The normalized spacial score (nSPS) is 11.5. The van der Waals surface area contributed by atoms with Gasteiger partial charge in [-0.25, -0.2) is 0 Å². The summed E-state index contributed by atoms with van der Waals surface area (Å²) in [6.07, 6.45) is 1.67. The fraction of sp³-hybridized carbons (Fsp3) is 0.0952. The molecule has 0 heterocycles. The van der Waals surface area contributed by atoms with Gasteiger partial charge in [-0.15, -0.1) is 0 Å². The molecule has 0 bridgehead atoms. The standard InChI is InChI=1S/C21H19NO/c1-2-22-23-21(18-12-6-3-7-13-18,19-14-8-4-9-15-19)20-16-10-5-11-17-20/h2-17H,1H3. The van der Waals surface area contributed by atoms with Crippen LogP contribution in [0.25, 0.3) is 0 Å². The molecule has 2 heteroatoms. The van der Waals surface area contributed by atoms with Crippen LogP contribution in [0.5, 0.6) is 0 Å². The first-order chi connectivity index (χ1) is 11.4. The van der Waals surface area contributed by atoms with Crippen LogP contribution in [-0.4, -0.2) is 6.21 Å². The summed E-state index contributed by atoms with van der Waals surface area (Å²) in [6.45, 7) is 1.85. The molecule has 23 heavy (non-hydrogen) atoms. The van der Waals surface area contributed by atoms with Crippen LogP contribution in [0.1, 0.15) is 23.6 Å². The first-order valence-corrected chi connectivity index (χ1v) is 7.70. The van der Waals surface area contributed by atoms with Gasteiger partial charge in [0.1, 0.15) is 0 Å². The fourth-order valence-electron chi connectivity index (χ4n) is 2.81. The number of nitrogens with zero attached hydrogens (tertiary/aromatic N) is 1. The molecule has 0 saturated heterocycles. The van der Waals surface area contributed by atoms with Crippen molar-refractivity contribution in [1.82, 2.24) is 0 Å². The van der Waals surface area contributed by atoms with Crippen LogP contribution in [0, 0.1) is 0 Å². The molecule has 3 rings (SSSR count). The predicted molar refractivity (Wildman–Crippen MR) is 94.5 cm³/mol. The molecule has 0 N–H and O–H groups in total. The maximum absolute atomic E-state index is 6.11. The Hall–Kier alpha value is -2.87. The van der Waals surface area contributed by atoms with E-state index in [1.807, 2.05) is 61.5 Å². The molecule has 0 saturated carbocycles. The van der Waals surface area contributed by atoms with E-state index >= 15 is 0 Å². The van der Waals surface area contributed by atoms with E-state index in [9.17, 15) is 0 Å². The van der Waals surface area contributed by atoms with Gasteiger partial charge in [0.25, 0.3) is 0 Å². The zero-order valence-electron chi connectivity index (χ0n) is 13.1. The lowest BCUT2D eigenvalue weighted by Gasteiger charge is -2.33. The van der Waals surface area contributed by atoms with E-state index in [1.54, 1.807) is 6.21 Å². The lowest BCUT2D eigenvalue weighted by molar-refractivity contribution is 0.0181. The van der Waals surface area contributed by atoms with Crippen molar-refractivity contribution < 1.29 is 4.84 Å². The Morgan fingerprint density at radius 1 is 0.652 bits per heavy atom. The van der Waals surface area contributed by atoms with Gasteiger partial charge in [-0.05, 0) is 6.92 Å². The first-order valence-electron chi connectivity index (χ1n) is 7.70. The summed E-state index contributed by atoms with van der Waals surface area (Å²) in [7, 11) is 0. The fourth-order valence-corrected chi connectivity index (χ4v) is 2.81. The van der Waals surface area contributed by atoms with Gasteiger partial charge in [0.05, 0.1) is 0 Å². The Labute approximate surface area is 137 Å². The van der Waals surface area contributed by atoms with Crippen molar-refractivity contribution in [1.29, 1.82) is 0 Å². The highest BCUT2D eigenvalue weighted by Gasteiger charge is 2.39. The van der Waals surface area contributed by atoms with Gasteiger partial charge in [0.15, 0.2) is 0 Å². The third kappa shape index (κ3) is 2.88. The van der Waals surface area contributed by atoms with E-state index < -0.39 is 5.60 Å². The minimum absolute atomic E-state index is 0.768. The average Bonchev–Trinajstić information content (AvgIpc) is 2.65. The third-order valence-electron chi connectivity index (χ3n) is 3.84. The van der Waals surface area contributed by atoms with Gasteiger partial charge in [-0.1, -0.05) is 96.2 Å². The largest absolute Gasteiger partial charge is 0.375 e. The third-order valence-corrected chi connectivity index (χ3v) is 3.84. The van der Waals surface area contributed by atoms with Crippen LogP contribution in [0.15, 0.2) is 96.2 Å². The SMILES string of the molecule is CC=NOC(c1ccccc1)(c1ccccc1)c1ccccc1. The minimum Gasteiger partial charge on any atom is -0.375 e. The van der Waals surface area contributed by atoms with Gasteiger partial charge in [-0.2, -0.15) is 0 Å². The molecule has 0 aromatic heterocycles. The number of benzene rings is 3. The van der Waals surface area contributed by atoms with E-state index in [2.05, 4.69) is 41.6 Å². The van der Waals surface area contributed by atoms with Crippen molar-refractivity contribution in [3.63, 3.8) is 0 Å². The van der Waals surface area contributed by atoms with E-state index in [4.69, 9.17) is 4.84 Å². The second-order valence-corrected chi connectivity index (χ2v) is 5.23. The highest BCUT2D eigenvalue weighted by atomic mass is 16.6. The Bertz CT molecular complexity index is 655. The molecule has 0 aliphatic carbocycles. The zero-order chi connectivity index (χ0) is 16.0. The Morgan fingerprint density at radius 2 is 1.00 bits per heavy atom. The second-order valence-electron chi connectivity index (χ2n) is 5.23. The summed E-state index contributed by atoms with van der Waals surface area (Å²) in [5.41, 5.74) is 2.37. The van der Waals surface area contributed by atoms with Gasteiger partial charge in [0.2, 0.25) is 5.60 Å². The maximum atomic E-state index is 6.11. The molecule has 0 atom stereocenters. The van der Waals surface area contributed by atoms with Gasteiger partial charge >= 0.3 is 0 Å². The molecule has 0 spiro atoms. The topological polar surface area (TPSA) is 21.6 Å². The summed E-state index contributed by atoms with van der Waals surface area (Å²) >= 11 is 0. The van der Waals surface area contributed by atoms with Crippen molar-refractivity contribution in [3.05, 3.63) is 108 Å². The van der Waals surface area contributed by atoms with Crippen LogP contribution in [0.3, 0.4) is 0 Å². The Morgan fingerprint density at radius 3 is 1.30 bits per heavy atom. The summed E-state index contributed by atoms with van der Waals surface area (Å²) < 4.78 is 0. The van der Waals surface area contributed by atoms with Crippen LogP contribution >= 0.6 is 0 Å². The monoisotopic (exact) mass is 301 g/mol. The molecule has 0 fully saturated rings.